The number of alkyl halides is 1. The smallest absolute Gasteiger partial charge is 0.322 e. The van der Waals surface area contributed by atoms with Crippen molar-refractivity contribution in [2.45, 2.75) is 130 Å². The summed E-state index contributed by atoms with van der Waals surface area (Å²) in [6.07, 6.45) is 17.0. The fourth-order valence-corrected chi connectivity index (χ4v) is 9.14. The van der Waals surface area contributed by atoms with Crippen molar-refractivity contribution in [3.8, 4) is 0 Å². The van der Waals surface area contributed by atoms with Crippen LogP contribution in [0, 0.1) is 46.3 Å². The van der Waals surface area contributed by atoms with Crippen molar-refractivity contribution in [1.29, 1.82) is 0 Å². The number of hydrogen-bond acceptors (Lipinski definition) is 2. The van der Waals surface area contributed by atoms with E-state index in [-0.39, 0.29) is 12.1 Å². The second kappa shape index (κ2) is 9.86. The molecule has 0 heterocycles. The molecular formula is C31H51BrO2. The van der Waals surface area contributed by atoms with Gasteiger partial charge in [-0.05, 0) is 105 Å². The lowest BCUT2D eigenvalue weighted by Gasteiger charge is -2.58. The van der Waals surface area contributed by atoms with E-state index >= 15 is 0 Å². The number of carbonyl (C=O) groups excluding carboxylic acids is 1. The summed E-state index contributed by atoms with van der Waals surface area (Å²) >= 11 is 3.47. The normalized spacial score (nSPS) is 40.7. The van der Waals surface area contributed by atoms with Crippen LogP contribution >= 0.6 is 15.9 Å². The molecule has 3 fully saturated rings. The second-order valence-corrected chi connectivity index (χ2v) is 16.0. The fraction of sp³-hybridized carbons (Fsp3) is 0.903. The Hall–Kier alpha value is -0.310. The number of allylic oxidation sites excluding steroid dienone is 1. The molecule has 4 aliphatic carbocycles. The zero-order chi connectivity index (χ0) is 24.9. The third-order valence-electron chi connectivity index (χ3n) is 11.0. The van der Waals surface area contributed by atoms with Crippen LogP contribution in [-0.4, -0.2) is 16.4 Å². The van der Waals surface area contributed by atoms with E-state index in [9.17, 15) is 4.79 Å². The Labute approximate surface area is 218 Å². The highest BCUT2D eigenvalue weighted by Crippen LogP contribution is 2.67. The molecule has 4 unspecified atom stereocenters. The molecule has 3 saturated carbocycles. The number of esters is 1. The quantitative estimate of drug-likeness (QED) is 0.185. The van der Waals surface area contributed by atoms with Gasteiger partial charge in [0, 0.05) is 6.42 Å². The Morgan fingerprint density at radius 2 is 1.82 bits per heavy atom. The molecule has 0 aliphatic heterocycles. The molecule has 0 amide bonds. The van der Waals surface area contributed by atoms with Gasteiger partial charge in [0.15, 0.2) is 0 Å². The molecule has 4 rings (SSSR count). The first-order chi connectivity index (χ1) is 15.9. The van der Waals surface area contributed by atoms with Gasteiger partial charge in [0.05, 0.1) is 0 Å². The van der Waals surface area contributed by atoms with Gasteiger partial charge in [-0.1, -0.05) is 81.5 Å². The van der Waals surface area contributed by atoms with Crippen molar-refractivity contribution in [3.63, 3.8) is 0 Å². The van der Waals surface area contributed by atoms with Gasteiger partial charge in [0.25, 0.3) is 0 Å². The Morgan fingerprint density at radius 3 is 2.50 bits per heavy atom. The largest absolute Gasteiger partial charge is 0.461 e. The number of carbonyl (C=O) groups is 1. The van der Waals surface area contributed by atoms with E-state index in [0.717, 1.165) is 48.3 Å². The van der Waals surface area contributed by atoms with Gasteiger partial charge < -0.3 is 4.74 Å². The molecule has 8 atom stereocenters. The van der Waals surface area contributed by atoms with Crippen molar-refractivity contribution < 1.29 is 9.53 Å². The monoisotopic (exact) mass is 534 g/mol. The summed E-state index contributed by atoms with van der Waals surface area (Å²) in [5.74, 6) is 5.10. The highest BCUT2D eigenvalue weighted by molar-refractivity contribution is 9.10. The minimum absolute atomic E-state index is 0.0524. The van der Waals surface area contributed by atoms with Crippen molar-refractivity contribution in [3.05, 3.63) is 11.6 Å². The van der Waals surface area contributed by atoms with Gasteiger partial charge in [-0.25, -0.2) is 0 Å². The first-order valence-electron chi connectivity index (χ1n) is 14.5. The van der Waals surface area contributed by atoms with E-state index in [1.54, 1.807) is 5.57 Å². The molecule has 0 saturated heterocycles. The Balaban J connectivity index is 1.44. The molecule has 0 N–H and O–H groups in total. The van der Waals surface area contributed by atoms with Crippen LogP contribution in [0.25, 0.3) is 0 Å². The van der Waals surface area contributed by atoms with Crippen LogP contribution in [0.1, 0.15) is 119 Å². The predicted octanol–water partition coefficient (Wildman–Crippen LogP) is 9.11. The fourth-order valence-electron chi connectivity index (χ4n) is 9.04. The van der Waals surface area contributed by atoms with Crippen LogP contribution in [0.5, 0.6) is 0 Å². The first-order valence-corrected chi connectivity index (χ1v) is 15.2. The Morgan fingerprint density at radius 1 is 1.09 bits per heavy atom. The van der Waals surface area contributed by atoms with Crippen LogP contribution in [0.4, 0.5) is 0 Å². The summed E-state index contributed by atoms with van der Waals surface area (Å²) in [5, 5.41) is 0. The van der Waals surface area contributed by atoms with Crippen LogP contribution in [0.3, 0.4) is 0 Å². The van der Waals surface area contributed by atoms with Crippen molar-refractivity contribution in [1.82, 2.24) is 0 Å². The number of halogens is 1. The lowest BCUT2D eigenvalue weighted by Crippen LogP contribution is -2.51. The average molecular weight is 536 g/mol. The molecule has 0 bridgehead atoms. The van der Waals surface area contributed by atoms with E-state index in [0.29, 0.717) is 10.8 Å². The van der Waals surface area contributed by atoms with Gasteiger partial charge in [-0.3, -0.25) is 4.79 Å². The highest BCUT2D eigenvalue weighted by Gasteiger charge is 2.59. The van der Waals surface area contributed by atoms with Crippen LogP contribution in [0.2, 0.25) is 0 Å². The summed E-state index contributed by atoms with van der Waals surface area (Å²) in [5.41, 5.74) is 2.47. The average Bonchev–Trinajstić information content (AvgIpc) is 3.10. The maximum absolute atomic E-state index is 12.5. The van der Waals surface area contributed by atoms with E-state index < -0.39 is 4.32 Å². The maximum atomic E-state index is 12.5. The molecule has 0 spiro atoms. The zero-order valence-electron chi connectivity index (χ0n) is 23.1. The summed E-state index contributed by atoms with van der Waals surface area (Å²) in [4.78, 5) is 12.5. The van der Waals surface area contributed by atoms with E-state index in [1.807, 2.05) is 13.8 Å². The minimum atomic E-state index is -0.599. The van der Waals surface area contributed by atoms with Crippen molar-refractivity contribution in [2.75, 3.05) is 0 Å². The number of rotatable bonds is 7. The first kappa shape index (κ1) is 26.7. The molecular weight excluding hydrogens is 484 g/mol. The van der Waals surface area contributed by atoms with Gasteiger partial charge in [0.2, 0.25) is 0 Å². The molecule has 0 aromatic carbocycles. The zero-order valence-corrected chi connectivity index (χ0v) is 24.7. The molecule has 0 radical (unpaired) electrons. The maximum Gasteiger partial charge on any atom is 0.322 e. The molecule has 194 valence electrons. The minimum Gasteiger partial charge on any atom is -0.461 e. The molecule has 0 aromatic heterocycles. The van der Waals surface area contributed by atoms with Crippen molar-refractivity contribution >= 4 is 21.9 Å². The summed E-state index contributed by atoms with van der Waals surface area (Å²) in [7, 11) is 0. The lowest BCUT2D eigenvalue weighted by atomic mass is 9.47. The summed E-state index contributed by atoms with van der Waals surface area (Å²) in [6.45, 7) is 16.3. The number of hydrogen-bond donors (Lipinski definition) is 0. The summed E-state index contributed by atoms with van der Waals surface area (Å²) < 4.78 is 5.33. The molecule has 2 nitrogen and oxygen atoms in total. The summed E-state index contributed by atoms with van der Waals surface area (Å²) in [6, 6.07) is 0. The Bertz CT molecular complexity index is 779. The topological polar surface area (TPSA) is 26.3 Å². The van der Waals surface area contributed by atoms with Gasteiger partial charge >= 0.3 is 5.97 Å². The van der Waals surface area contributed by atoms with E-state index in [4.69, 9.17) is 4.74 Å². The predicted molar refractivity (Wildman–Crippen MR) is 146 cm³/mol. The second-order valence-electron chi connectivity index (χ2n) is 14.0. The van der Waals surface area contributed by atoms with Crippen LogP contribution in [-0.2, 0) is 9.53 Å². The third-order valence-corrected chi connectivity index (χ3v) is 11.3. The van der Waals surface area contributed by atoms with Crippen LogP contribution < -0.4 is 0 Å². The van der Waals surface area contributed by atoms with E-state index in [2.05, 4.69) is 56.6 Å². The molecule has 4 aliphatic rings. The van der Waals surface area contributed by atoms with Gasteiger partial charge in [-0.2, -0.15) is 0 Å². The molecule has 3 heteroatoms. The van der Waals surface area contributed by atoms with Gasteiger partial charge in [-0.15, -0.1) is 0 Å². The lowest BCUT2D eigenvalue weighted by molar-refractivity contribution is -0.153. The van der Waals surface area contributed by atoms with Crippen molar-refractivity contribution in [2.24, 2.45) is 46.3 Å². The standard InChI is InChI=1S/C31H51BrO2/c1-20(2)9-8-10-21(3)25-13-14-26-24-12-11-22-19-23(34-28(33)29(4,5)32)15-17-30(22,6)27(24)16-18-31(25,26)7/h11,20-21,23-27H,8-10,12-19H2,1-7H3/t21-,23?,24?,25-,26?,27?,30+,31-/m1/s1. The van der Waals surface area contributed by atoms with Gasteiger partial charge in [0.1, 0.15) is 10.4 Å². The third kappa shape index (κ3) is 4.95. The number of ether oxygens (including phenoxy) is 1. The van der Waals surface area contributed by atoms with E-state index in [1.165, 1.54) is 57.8 Å². The SMILES string of the molecule is CC(C)CCC[C@@H](C)[C@H]1CCC2C3CC=C4CC(OC(=O)C(C)(C)Br)CC[C@]4(C)C3CC[C@@]21C. The Kier molecular flexibility index (Phi) is 7.76. The molecule has 0 aromatic rings. The highest BCUT2D eigenvalue weighted by atomic mass is 79.9. The number of fused-ring (bicyclic) bond motifs is 5. The molecule has 34 heavy (non-hydrogen) atoms. The van der Waals surface area contributed by atoms with Crippen LogP contribution in [0.15, 0.2) is 11.6 Å².